The van der Waals surface area contributed by atoms with Crippen LogP contribution in [0.3, 0.4) is 0 Å². The van der Waals surface area contributed by atoms with Crippen LogP contribution in [-0.4, -0.2) is 24.9 Å². The maximum Gasteiger partial charge on any atom is 0.363 e. The Morgan fingerprint density at radius 1 is 1.15 bits per heavy atom. The van der Waals surface area contributed by atoms with Crippen molar-refractivity contribution in [3.8, 4) is 11.5 Å². The van der Waals surface area contributed by atoms with Crippen LogP contribution in [0.4, 0.5) is 0 Å². The van der Waals surface area contributed by atoms with Crippen LogP contribution in [0.15, 0.2) is 53.2 Å². The van der Waals surface area contributed by atoms with Gasteiger partial charge in [-0.25, -0.2) is 9.79 Å². The molecule has 0 bridgehead atoms. The minimum absolute atomic E-state index is 0.164. The lowest BCUT2D eigenvalue weighted by Crippen LogP contribution is -2.05. The van der Waals surface area contributed by atoms with Crippen molar-refractivity contribution in [2.45, 2.75) is 6.92 Å². The van der Waals surface area contributed by atoms with Crippen LogP contribution in [0.5, 0.6) is 11.5 Å². The molecular weight excluding hydrogens is 449 g/mol. The Bertz CT molecular complexity index is 931. The second-order valence-corrected chi connectivity index (χ2v) is 6.59. The Labute approximate surface area is 163 Å². The van der Waals surface area contributed by atoms with Gasteiger partial charge in [-0.1, -0.05) is 6.07 Å². The zero-order valence-electron chi connectivity index (χ0n) is 14.0. The Hall–Kier alpha value is -2.68. The first kappa shape index (κ1) is 18.1. The van der Waals surface area contributed by atoms with E-state index in [1.165, 1.54) is 14.0 Å². The number of nitrogens with zero attached hydrogens (tertiary/aromatic N) is 1. The Balaban J connectivity index is 1.92. The van der Waals surface area contributed by atoms with Crippen molar-refractivity contribution in [1.82, 2.24) is 0 Å². The number of carbonyl (C=O) groups is 2. The zero-order chi connectivity index (χ0) is 18.7. The molecule has 26 heavy (non-hydrogen) atoms. The number of esters is 2. The molecule has 1 aliphatic rings. The molecule has 6 nitrogen and oxygen atoms in total. The average molecular weight is 463 g/mol. The number of rotatable bonds is 4. The van der Waals surface area contributed by atoms with E-state index in [-0.39, 0.29) is 17.3 Å². The number of cyclic esters (lactones) is 1. The Morgan fingerprint density at radius 2 is 1.88 bits per heavy atom. The van der Waals surface area contributed by atoms with Gasteiger partial charge in [0.15, 0.2) is 17.2 Å². The molecule has 0 spiro atoms. The smallest absolute Gasteiger partial charge is 0.363 e. The summed E-state index contributed by atoms with van der Waals surface area (Å²) in [4.78, 5) is 27.6. The summed E-state index contributed by atoms with van der Waals surface area (Å²) in [6.07, 6.45) is 1.56. The summed E-state index contributed by atoms with van der Waals surface area (Å²) in [6, 6.07) is 12.5. The molecule has 1 aliphatic heterocycles. The Morgan fingerprint density at radius 3 is 2.54 bits per heavy atom. The van der Waals surface area contributed by atoms with Gasteiger partial charge < -0.3 is 14.2 Å². The Kier molecular flexibility index (Phi) is 5.36. The third kappa shape index (κ3) is 4.10. The van der Waals surface area contributed by atoms with Gasteiger partial charge in [-0.3, -0.25) is 4.79 Å². The summed E-state index contributed by atoms with van der Waals surface area (Å²) in [5, 5.41) is 0. The highest BCUT2D eigenvalue weighted by atomic mass is 127. The molecule has 0 saturated heterocycles. The molecular formula is C19H14INO5. The topological polar surface area (TPSA) is 74.2 Å². The molecule has 132 valence electrons. The lowest BCUT2D eigenvalue weighted by atomic mass is 10.1. The van der Waals surface area contributed by atoms with E-state index in [0.717, 1.165) is 9.13 Å². The molecule has 0 aliphatic carbocycles. The normalized spacial score (nSPS) is 14.8. The third-order valence-electron chi connectivity index (χ3n) is 3.46. The number of hydrogen-bond donors (Lipinski definition) is 0. The van der Waals surface area contributed by atoms with Gasteiger partial charge >= 0.3 is 11.9 Å². The number of benzene rings is 2. The molecule has 0 saturated carbocycles. The number of ether oxygens (including phenoxy) is 3. The fraction of sp³-hybridized carbons (Fsp3) is 0.105. The molecule has 0 radical (unpaired) electrons. The van der Waals surface area contributed by atoms with Crippen LogP contribution < -0.4 is 9.47 Å². The van der Waals surface area contributed by atoms with Crippen LogP contribution in [0.1, 0.15) is 18.1 Å². The number of methoxy groups -OCH3 is 1. The van der Waals surface area contributed by atoms with Crippen molar-refractivity contribution in [3.63, 3.8) is 0 Å². The van der Waals surface area contributed by atoms with Crippen molar-refractivity contribution in [2.24, 2.45) is 4.99 Å². The molecule has 0 unspecified atom stereocenters. The van der Waals surface area contributed by atoms with Gasteiger partial charge in [-0.15, -0.1) is 0 Å². The number of carbonyl (C=O) groups excluding carboxylic acids is 2. The largest absolute Gasteiger partial charge is 0.493 e. The summed E-state index contributed by atoms with van der Waals surface area (Å²) in [5.41, 5.74) is 1.51. The summed E-state index contributed by atoms with van der Waals surface area (Å²) in [6.45, 7) is 1.30. The van der Waals surface area contributed by atoms with Crippen LogP contribution in [0, 0.1) is 3.57 Å². The van der Waals surface area contributed by atoms with Gasteiger partial charge in [0.1, 0.15) is 0 Å². The van der Waals surface area contributed by atoms with Crippen LogP contribution >= 0.6 is 22.6 Å². The van der Waals surface area contributed by atoms with Gasteiger partial charge in [0, 0.05) is 16.1 Å². The van der Waals surface area contributed by atoms with E-state index in [1.54, 1.807) is 24.3 Å². The van der Waals surface area contributed by atoms with E-state index in [9.17, 15) is 9.59 Å². The van der Waals surface area contributed by atoms with Gasteiger partial charge in [0.2, 0.25) is 5.90 Å². The molecule has 7 heteroatoms. The van der Waals surface area contributed by atoms with Crippen molar-refractivity contribution in [2.75, 3.05) is 7.11 Å². The van der Waals surface area contributed by atoms with Crippen molar-refractivity contribution in [3.05, 3.63) is 62.9 Å². The SMILES string of the molecule is COc1ccc(/C=C2\N=C(c3ccc(I)cc3)OC2=O)cc1OC(C)=O. The van der Waals surface area contributed by atoms with E-state index < -0.39 is 11.9 Å². The van der Waals surface area contributed by atoms with E-state index in [4.69, 9.17) is 14.2 Å². The maximum atomic E-state index is 12.1. The summed E-state index contributed by atoms with van der Waals surface area (Å²) in [5.74, 6) is -0.0656. The monoisotopic (exact) mass is 463 g/mol. The predicted molar refractivity (Wildman–Crippen MR) is 104 cm³/mol. The fourth-order valence-electron chi connectivity index (χ4n) is 2.30. The minimum Gasteiger partial charge on any atom is -0.493 e. The quantitative estimate of drug-likeness (QED) is 0.300. The molecule has 0 aromatic heterocycles. The lowest BCUT2D eigenvalue weighted by molar-refractivity contribution is -0.132. The highest BCUT2D eigenvalue weighted by molar-refractivity contribution is 14.1. The summed E-state index contributed by atoms with van der Waals surface area (Å²) >= 11 is 2.19. The lowest BCUT2D eigenvalue weighted by Gasteiger charge is -2.08. The molecule has 3 rings (SSSR count). The maximum absolute atomic E-state index is 12.1. The first-order valence-corrected chi connectivity index (χ1v) is 8.69. The second-order valence-electron chi connectivity index (χ2n) is 5.35. The summed E-state index contributed by atoms with van der Waals surface area (Å²) < 4.78 is 16.6. The molecule has 0 fully saturated rings. The first-order valence-electron chi connectivity index (χ1n) is 7.61. The van der Waals surface area contributed by atoms with Crippen LogP contribution in [0.25, 0.3) is 6.08 Å². The average Bonchev–Trinajstić information content (AvgIpc) is 2.96. The standard InChI is InChI=1S/C19H14INO5/c1-11(22)25-17-10-12(3-8-16(17)24-2)9-15-19(23)26-18(21-15)13-4-6-14(20)7-5-13/h3-10H,1-2H3/b15-9-. The fourth-order valence-corrected chi connectivity index (χ4v) is 2.66. The van der Waals surface area contributed by atoms with Gasteiger partial charge in [0.25, 0.3) is 0 Å². The van der Waals surface area contributed by atoms with Crippen molar-refractivity contribution in [1.29, 1.82) is 0 Å². The molecule has 2 aromatic carbocycles. The number of aliphatic imine (C=N–C) groups is 1. The molecule has 0 N–H and O–H groups in total. The molecule has 2 aromatic rings. The van der Waals surface area contributed by atoms with E-state index in [1.807, 2.05) is 24.3 Å². The highest BCUT2D eigenvalue weighted by Gasteiger charge is 2.24. The molecule has 0 amide bonds. The summed E-state index contributed by atoms with van der Waals surface area (Å²) in [7, 11) is 1.48. The van der Waals surface area contributed by atoms with Crippen molar-refractivity contribution >= 4 is 46.5 Å². The molecule has 0 atom stereocenters. The highest BCUT2D eigenvalue weighted by Crippen LogP contribution is 2.30. The predicted octanol–water partition coefficient (Wildman–Crippen LogP) is 3.57. The molecule has 1 heterocycles. The van der Waals surface area contributed by atoms with Crippen LogP contribution in [0.2, 0.25) is 0 Å². The van der Waals surface area contributed by atoms with Crippen molar-refractivity contribution < 1.29 is 23.8 Å². The zero-order valence-corrected chi connectivity index (χ0v) is 16.1. The first-order chi connectivity index (χ1) is 12.5. The van der Waals surface area contributed by atoms with E-state index >= 15 is 0 Å². The van der Waals surface area contributed by atoms with Gasteiger partial charge in [-0.2, -0.15) is 0 Å². The van der Waals surface area contributed by atoms with Gasteiger partial charge in [-0.05, 0) is 70.6 Å². The van der Waals surface area contributed by atoms with E-state index in [2.05, 4.69) is 27.6 Å². The van der Waals surface area contributed by atoms with Gasteiger partial charge in [0.05, 0.1) is 7.11 Å². The third-order valence-corrected chi connectivity index (χ3v) is 4.18. The van der Waals surface area contributed by atoms with E-state index in [0.29, 0.717) is 11.3 Å². The van der Waals surface area contributed by atoms with Crippen LogP contribution in [-0.2, 0) is 14.3 Å². The second kappa shape index (κ2) is 7.69. The minimum atomic E-state index is -0.539. The number of hydrogen-bond acceptors (Lipinski definition) is 6. The number of halogens is 1.